The Balaban J connectivity index is 1.86. The highest BCUT2D eigenvalue weighted by molar-refractivity contribution is 6.36. The number of nitrogens with zero attached hydrogens (tertiary/aromatic N) is 2. The molecule has 2 aromatic carbocycles. The summed E-state index contributed by atoms with van der Waals surface area (Å²) in [7, 11) is 0. The molecule has 0 unspecified atom stereocenters. The average Bonchev–Trinajstić information content (AvgIpc) is 2.60. The van der Waals surface area contributed by atoms with Crippen molar-refractivity contribution in [2.75, 3.05) is 10.9 Å². The van der Waals surface area contributed by atoms with E-state index in [0.29, 0.717) is 15.7 Å². The lowest BCUT2D eigenvalue weighted by Crippen LogP contribution is -2.11. The van der Waals surface area contributed by atoms with Crippen molar-refractivity contribution in [3.05, 3.63) is 69.3 Å². The van der Waals surface area contributed by atoms with Gasteiger partial charge in [-0.1, -0.05) is 46.9 Å². The van der Waals surface area contributed by atoms with E-state index in [9.17, 15) is 13.2 Å². The second-order valence-electron chi connectivity index (χ2n) is 5.35. The molecule has 0 amide bonds. The van der Waals surface area contributed by atoms with Gasteiger partial charge in [-0.15, -0.1) is 0 Å². The standard InChI is InChI=1S/C17H10Cl3F3N4/c18-11-4-5-13(12(19)7-11)26-27-15-8-14(20)24-16(25-15)9-2-1-3-10(6-9)17(21,22)23/h1-8,26H,(H,24,25,27). The molecule has 10 heteroatoms. The molecule has 0 spiro atoms. The number of anilines is 2. The van der Waals surface area contributed by atoms with E-state index in [4.69, 9.17) is 34.8 Å². The summed E-state index contributed by atoms with van der Waals surface area (Å²) in [6, 6.07) is 10.9. The van der Waals surface area contributed by atoms with Crippen LogP contribution >= 0.6 is 34.8 Å². The summed E-state index contributed by atoms with van der Waals surface area (Å²) < 4.78 is 38.7. The molecule has 0 aliphatic heterocycles. The summed E-state index contributed by atoms with van der Waals surface area (Å²) in [5, 5.41) is 0.902. The first-order valence-electron chi connectivity index (χ1n) is 7.42. The van der Waals surface area contributed by atoms with Crippen molar-refractivity contribution >= 4 is 46.3 Å². The fraction of sp³-hybridized carbons (Fsp3) is 0.0588. The number of hydrazine groups is 1. The Morgan fingerprint density at radius 1 is 0.852 bits per heavy atom. The SMILES string of the molecule is FC(F)(F)c1cccc(-c2nc(Cl)cc(NNc3ccc(Cl)cc3Cl)n2)c1. The van der Waals surface area contributed by atoms with Crippen LogP contribution in [0.1, 0.15) is 5.56 Å². The van der Waals surface area contributed by atoms with Crippen molar-refractivity contribution in [2.45, 2.75) is 6.18 Å². The molecule has 4 nitrogen and oxygen atoms in total. The van der Waals surface area contributed by atoms with E-state index >= 15 is 0 Å². The van der Waals surface area contributed by atoms with E-state index in [0.717, 1.165) is 12.1 Å². The van der Waals surface area contributed by atoms with Gasteiger partial charge in [-0.05, 0) is 30.3 Å². The molecule has 140 valence electrons. The summed E-state index contributed by atoms with van der Waals surface area (Å²) >= 11 is 17.9. The van der Waals surface area contributed by atoms with E-state index in [1.54, 1.807) is 18.2 Å². The molecule has 0 aliphatic rings. The predicted molar refractivity (Wildman–Crippen MR) is 101 cm³/mol. The Morgan fingerprint density at radius 3 is 2.33 bits per heavy atom. The molecule has 0 bridgehead atoms. The predicted octanol–water partition coefficient (Wildman–Crippen LogP) is 6.56. The van der Waals surface area contributed by atoms with E-state index in [1.165, 1.54) is 18.2 Å². The molecule has 0 fully saturated rings. The molecule has 1 heterocycles. The van der Waals surface area contributed by atoms with Crippen molar-refractivity contribution in [3.8, 4) is 11.4 Å². The van der Waals surface area contributed by atoms with Crippen molar-refractivity contribution in [1.29, 1.82) is 0 Å². The van der Waals surface area contributed by atoms with Crippen LogP contribution in [-0.2, 0) is 6.18 Å². The monoisotopic (exact) mass is 432 g/mol. The normalized spacial score (nSPS) is 11.3. The van der Waals surface area contributed by atoms with Gasteiger partial charge in [0.2, 0.25) is 0 Å². The van der Waals surface area contributed by atoms with Crippen LogP contribution in [0, 0.1) is 0 Å². The number of hydrogen-bond donors (Lipinski definition) is 2. The van der Waals surface area contributed by atoms with E-state index in [2.05, 4.69) is 20.8 Å². The molecule has 0 saturated carbocycles. The van der Waals surface area contributed by atoms with Gasteiger partial charge in [0.15, 0.2) is 5.82 Å². The van der Waals surface area contributed by atoms with Gasteiger partial charge in [-0.25, -0.2) is 9.97 Å². The minimum absolute atomic E-state index is 0.0418. The first-order valence-corrected chi connectivity index (χ1v) is 8.55. The van der Waals surface area contributed by atoms with E-state index in [-0.39, 0.29) is 22.4 Å². The van der Waals surface area contributed by atoms with Gasteiger partial charge in [0, 0.05) is 16.7 Å². The summed E-state index contributed by atoms with van der Waals surface area (Å²) in [4.78, 5) is 8.17. The number of rotatable bonds is 4. The third kappa shape index (κ3) is 4.94. The molecule has 0 aliphatic carbocycles. The second kappa shape index (κ2) is 7.80. The van der Waals surface area contributed by atoms with Gasteiger partial charge in [-0.3, -0.25) is 10.9 Å². The zero-order valence-electron chi connectivity index (χ0n) is 13.3. The van der Waals surface area contributed by atoms with Crippen molar-refractivity contribution in [1.82, 2.24) is 9.97 Å². The highest BCUT2D eigenvalue weighted by atomic mass is 35.5. The van der Waals surface area contributed by atoms with Gasteiger partial charge >= 0.3 is 6.18 Å². The van der Waals surface area contributed by atoms with Crippen LogP contribution in [0.3, 0.4) is 0 Å². The highest BCUT2D eigenvalue weighted by Crippen LogP contribution is 2.32. The molecule has 2 N–H and O–H groups in total. The van der Waals surface area contributed by atoms with Crippen molar-refractivity contribution in [2.24, 2.45) is 0 Å². The quantitative estimate of drug-likeness (QED) is 0.361. The molecule has 3 aromatic rings. The minimum atomic E-state index is -4.47. The lowest BCUT2D eigenvalue weighted by molar-refractivity contribution is -0.137. The zero-order valence-corrected chi connectivity index (χ0v) is 15.5. The molecular formula is C17H10Cl3F3N4. The van der Waals surface area contributed by atoms with Gasteiger partial charge < -0.3 is 0 Å². The lowest BCUT2D eigenvalue weighted by atomic mass is 10.1. The van der Waals surface area contributed by atoms with Gasteiger partial charge in [-0.2, -0.15) is 13.2 Å². The Morgan fingerprint density at radius 2 is 1.63 bits per heavy atom. The Labute approximate surface area is 167 Å². The zero-order chi connectivity index (χ0) is 19.6. The maximum absolute atomic E-state index is 12.9. The topological polar surface area (TPSA) is 49.8 Å². The van der Waals surface area contributed by atoms with Crippen molar-refractivity contribution < 1.29 is 13.2 Å². The van der Waals surface area contributed by atoms with Crippen LogP contribution in [0.4, 0.5) is 24.7 Å². The lowest BCUT2D eigenvalue weighted by Gasteiger charge is -2.12. The Kier molecular flexibility index (Phi) is 5.64. The van der Waals surface area contributed by atoms with E-state index in [1.807, 2.05) is 0 Å². The number of alkyl halides is 3. The third-order valence-electron chi connectivity index (χ3n) is 3.40. The van der Waals surface area contributed by atoms with Crippen LogP contribution < -0.4 is 10.9 Å². The fourth-order valence-electron chi connectivity index (χ4n) is 2.17. The van der Waals surface area contributed by atoms with Gasteiger partial charge in [0.25, 0.3) is 0 Å². The first kappa shape index (κ1) is 19.5. The Hall–Kier alpha value is -2.22. The molecule has 0 radical (unpaired) electrons. The summed E-state index contributed by atoms with van der Waals surface area (Å²) in [5.41, 5.74) is 5.51. The summed E-state index contributed by atoms with van der Waals surface area (Å²) in [6.45, 7) is 0. The maximum Gasteiger partial charge on any atom is 0.416 e. The summed E-state index contributed by atoms with van der Waals surface area (Å²) in [6.07, 6.45) is -4.47. The van der Waals surface area contributed by atoms with Gasteiger partial charge in [0.05, 0.1) is 16.3 Å². The molecule has 0 saturated heterocycles. The number of nitrogens with one attached hydrogen (secondary N) is 2. The van der Waals surface area contributed by atoms with Crippen LogP contribution in [-0.4, -0.2) is 9.97 Å². The van der Waals surface area contributed by atoms with Crippen LogP contribution in [0.25, 0.3) is 11.4 Å². The van der Waals surface area contributed by atoms with E-state index < -0.39 is 11.7 Å². The third-order valence-corrected chi connectivity index (χ3v) is 4.14. The Bertz CT molecular complexity index is 980. The number of benzene rings is 2. The maximum atomic E-state index is 12.9. The minimum Gasteiger partial charge on any atom is -0.298 e. The molecular weight excluding hydrogens is 424 g/mol. The number of aromatic nitrogens is 2. The van der Waals surface area contributed by atoms with Crippen LogP contribution in [0.15, 0.2) is 48.5 Å². The highest BCUT2D eigenvalue weighted by Gasteiger charge is 2.30. The largest absolute Gasteiger partial charge is 0.416 e. The smallest absolute Gasteiger partial charge is 0.298 e. The molecule has 1 aromatic heterocycles. The molecule has 27 heavy (non-hydrogen) atoms. The number of hydrogen-bond acceptors (Lipinski definition) is 4. The second-order valence-corrected chi connectivity index (χ2v) is 6.58. The van der Waals surface area contributed by atoms with Crippen LogP contribution in [0.2, 0.25) is 15.2 Å². The number of halogens is 6. The van der Waals surface area contributed by atoms with Crippen LogP contribution in [0.5, 0.6) is 0 Å². The fourth-order valence-corrected chi connectivity index (χ4v) is 2.81. The molecule has 3 rings (SSSR count). The average molecular weight is 434 g/mol. The molecule has 0 atom stereocenters. The van der Waals surface area contributed by atoms with Gasteiger partial charge in [0.1, 0.15) is 11.0 Å². The van der Waals surface area contributed by atoms with Crippen molar-refractivity contribution in [3.63, 3.8) is 0 Å². The first-order chi connectivity index (χ1) is 12.7. The summed E-state index contributed by atoms with van der Waals surface area (Å²) in [5.74, 6) is 0.286.